The zero-order valence-electron chi connectivity index (χ0n) is 8.61. The molecule has 1 nitrogen and oxygen atoms in total. The van der Waals surface area contributed by atoms with Gasteiger partial charge in [0, 0.05) is 5.92 Å². The molecule has 0 amide bonds. The molecular weight excluding hydrogens is 290 g/mol. The van der Waals surface area contributed by atoms with Gasteiger partial charge in [0.15, 0.2) is 0 Å². The first-order valence-corrected chi connectivity index (χ1v) is 6.58. The molecule has 0 aromatic carbocycles. The second-order valence-corrected chi connectivity index (χ2v) is 6.51. The Morgan fingerprint density at radius 2 is 2.06 bits per heavy atom. The third kappa shape index (κ3) is 1.81. The van der Waals surface area contributed by atoms with Gasteiger partial charge in [-0.2, -0.15) is 0 Å². The predicted octanol–water partition coefficient (Wildman–Crippen LogP) is 4.26. The molecule has 0 spiro atoms. The first kappa shape index (κ1) is 13.0. The van der Waals surface area contributed by atoms with Crippen molar-refractivity contribution < 1.29 is 4.74 Å². The second-order valence-electron chi connectivity index (χ2n) is 4.36. The van der Waals surface area contributed by atoms with Crippen LogP contribution in [0.2, 0.25) is 0 Å². The topological polar surface area (TPSA) is 9.23 Å². The Hall–Kier alpha value is 0.600. The molecule has 5 heteroatoms. The number of allylic oxidation sites excluding steroid dienone is 2. The average molecular weight is 302 g/mol. The van der Waals surface area contributed by atoms with E-state index in [0.717, 1.165) is 0 Å². The van der Waals surface area contributed by atoms with Crippen LogP contribution >= 0.6 is 46.4 Å². The Kier molecular flexibility index (Phi) is 3.56. The van der Waals surface area contributed by atoms with Crippen molar-refractivity contribution in [2.45, 2.75) is 22.6 Å². The molecule has 0 heterocycles. The minimum absolute atomic E-state index is 0.113. The molecule has 1 fully saturated rings. The van der Waals surface area contributed by atoms with Gasteiger partial charge in [0.25, 0.3) is 0 Å². The van der Waals surface area contributed by atoms with E-state index in [-0.39, 0.29) is 5.92 Å². The van der Waals surface area contributed by atoms with E-state index in [4.69, 9.17) is 51.1 Å². The lowest BCUT2D eigenvalue weighted by Gasteiger charge is -2.29. The van der Waals surface area contributed by atoms with Gasteiger partial charge in [-0.1, -0.05) is 29.3 Å². The van der Waals surface area contributed by atoms with Gasteiger partial charge in [0.05, 0.1) is 33.0 Å². The molecule has 2 aliphatic rings. The number of ether oxygens (including phenoxy) is 1. The van der Waals surface area contributed by atoms with E-state index in [1.165, 1.54) is 0 Å². The lowest BCUT2D eigenvalue weighted by molar-refractivity contribution is 0.116. The number of fused-ring (bicyclic) bond motifs is 2. The Bertz CT molecular complexity index is 354. The van der Waals surface area contributed by atoms with Gasteiger partial charge in [-0.15, -0.1) is 29.8 Å². The maximum atomic E-state index is 6.51. The van der Waals surface area contributed by atoms with Crippen LogP contribution < -0.4 is 0 Å². The van der Waals surface area contributed by atoms with Gasteiger partial charge in [-0.3, -0.25) is 0 Å². The predicted molar refractivity (Wildman–Crippen MR) is 69.6 cm³/mol. The van der Waals surface area contributed by atoms with Crippen molar-refractivity contribution in [3.8, 4) is 0 Å². The molecule has 2 rings (SSSR count). The van der Waals surface area contributed by atoms with Crippen LogP contribution in [0.1, 0.15) is 12.8 Å². The number of rotatable bonds is 4. The Labute approximate surface area is 115 Å². The number of alkyl halides is 2. The molecule has 0 saturated heterocycles. The fourth-order valence-electron chi connectivity index (χ4n) is 2.46. The largest absolute Gasteiger partial charge is 0.377 e. The standard InChI is InChI=1S/C11H12Cl4O/c1-2-3-16-5-7-4-10(14)6-11(7,15)9(13)8(10)12/h2,7H,1,3-6H2/t7-,10-,11+/m0/s1. The van der Waals surface area contributed by atoms with Crippen LogP contribution in [0.15, 0.2) is 22.7 Å². The molecule has 90 valence electrons. The number of halogens is 4. The van der Waals surface area contributed by atoms with E-state index < -0.39 is 9.75 Å². The lowest BCUT2D eigenvalue weighted by Crippen LogP contribution is -2.31. The highest BCUT2D eigenvalue weighted by Gasteiger charge is 2.62. The Morgan fingerprint density at radius 1 is 1.38 bits per heavy atom. The van der Waals surface area contributed by atoms with E-state index in [9.17, 15) is 0 Å². The van der Waals surface area contributed by atoms with E-state index in [1.807, 2.05) is 0 Å². The number of hydrogen-bond donors (Lipinski definition) is 0. The van der Waals surface area contributed by atoms with Crippen LogP contribution in [0.5, 0.6) is 0 Å². The number of hydrogen-bond acceptors (Lipinski definition) is 1. The van der Waals surface area contributed by atoms with E-state index in [1.54, 1.807) is 6.08 Å². The van der Waals surface area contributed by atoms with Crippen LogP contribution in [0.4, 0.5) is 0 Å². The zero-order chi connectivity index (χ0) is 12.0. The van der Waals surface area contributed by atoms with Gasteiger partial charge in [-0.05, 0) is 12.8 Å². The summed E-state index contributed by atoms with van der Waals surface area (Å²) in [6.45, 7) is 4.63. The van der Waals surface area contributed by atoms with Crippen molar-refractivity contribution in [2.75, 3.05) is 13.2 Å². The van der Waals surface area contributed by atoms with Gasteiger partial charge in [0.2, 0.25) is 0 Å². The smallest absolute Gasteiger partial charge is 0.0884 e. The fourth-order valence-corrected chi connectivity index (χ4v) is 4.30. The first-order chi connectivity index (χ1) is 7.44. The fraction of sp³-hybridized carbons (Fsp3) is 0.636. The van der Waals surface area contributed by atoms with Gasteiger partial charge < -0.3 is 4.74 Å². The molecule has 0 aromatic rings. The lowest BCUT2D eigenvalue weighted by atomic mass is 9.93. The summed E-state index contributed by atoms with van der Waals surface area (Å²) in [5.74, 6) is 0.113. The summed E-state index contributed by atoms with van der Waals surface area (Å²) in [5, 5.41) is 0.995. The molecule has 0 unspecified atom stereocenters. The maximum Gasteiger partial charge on any atom is 0.0884 e. The minimum atomic E-state index is -0.637. The van der Waals surface area contributed by atoms with Crippen LogP contribution in [0.25, 0.3) is 0 Å². The highest BCUT2D eigenvalue weighted by Crippen LogP contribution is 2.65. The highest BCUT2D eigenvalue weighted by atomic mass is 35.5. The van der Waals surface area contributed by atoms with E-state index in [2.05, 4.69) is 6.58 Å². The highest BCUT2D eigenvalue weighted by molar-refractivity contribution is 6.50. The Balaban J connectivity index is 2.14. The van der Waals surface area contributed by atoms with Crippen molar-refractivity contribution in [2.24, 2.45) is 5.92 Å². The van der Waals surface area contributed by atoms with Gasteiger partial charge in [-0.25, -0.2) is 0 Å². The molecule has 0 aromatic heterocycles. The summed E-state index contributed by atoms with van der Waals surface area (Å²) in [6, 6.07) is 0. The SMILES string of the molecule is C=CCOC[C@@H]1C[C@]2(Cl)C[C@]1(Cl)C(Cl)=C2Cl. The molecule has 0 N–H and O–H groups in total. The monoisotopic (exact) mass is 300 g/mol. The molecule has 2 aliphatic carbocycles. The molecular formula is C11H12Cl4O. The summed E-state index contributed by atoms with van der Waals surface area (Å²) in [7, 11) is 0. The molecule has 2 bridgehead atoms. The molecule has 3 atom stereocenters. The van der Waals surface area contributed by atoms with Gasteiger partial charge >= 0.3 is 0 Å². The minimum Gasteiger partial charge on any atom is -0.377 e. The average Bonchev–Trinajstić information content (AvgIpc) is 2.58. The normalized spacial score (nSPS) is 41.9. The van der Waals surface area contributed by atoms with Crippen LogP contribution in [0, 0.1) is 5.92 Å². The van der Waals surface area contributed by atoms with Crippen molar-refractivity contribution >= 4 is 46.4 Å². The molecule has 0 radical (unpaired) electrons. The van der Waals surface area contributed by atoms with Gasteiger partial charge in [0.1, 0.15) is 0 Å². The third-order valence-electron chi connectivity index (χ3n) is 3.26. The third-order valence-corrected chi connectivity index (χ3v) is 5.74. The summed E-state index contributed by atoms with van der Waals surface area (Å²) >= 11 is 25.2. The van der Waals surface area contributed by atoms with E-state index >= 15 is 0 Å². The van der Waals surface area contributed by atoms with Crippen LogP contribution in [0.3, 0.4) is 0 Å². The van der Waals surface area contributed by atoms with Crippen molar-refractivity contribution in [1.29, 1.82) is 0 Å². The maximum absolute atomic E-state index is 6.51. The first-order valence-electron chi connectivity index (χ1n) is 5.07. The Morgan fingerprint density at radius 3 is 2.56 bits per heavy atom. The zero-order valence-corrected chi connectivity index (χ0v) is 11.6. The van der Waals surface area contributed by atoms with Crippen molar-refractivity contribution in [3.05, 3.63) is 22.7 Å². The second kappa shape index (κ2) is 4.37. The van der Waals surface area contributed by atoms with Crippen molar-refractivity contribution in [1.82, 2.24) is 0 Å². The summed E-state index contributed by atoms with van der Waals surface area (Å²) in [6.07, 6.45) is 3.00. The molecule has 0 aliphatic heterocycles. The van der Waals surface area contributed by atoms with Crippen molar-refractivity contribution in [3.63, 3.8) is 0 Å². The van der Waals surface area contributed by atoms with Crippen LogP contribution in [-0.4, -0.2) is 23.0 Å². The quantitative estimate of drug-likeness (QED) is 0.428. The summed E-state index contributed by atoms with van der Waals surface area (Å²) in [5.41, 5.74) is 0. The summed E-state index contributed by atoms with van der Waals surface area (Å²) < 4.78 is 5.43. The summed E-state index contributed by atoms with van der Waals surface area (Å²) in [4.78, 5) is -1.22. The van der Waals surface area contributed by atoms with Crippen LogP contribution in [-0.2, 0) is 4.74 Å². The molecule has 16 heavy (non-hydrogen) atoms. The molecule has 1 saturated carbocycles. The van der Waals surface area contributed by atoms with E-state index in [0.29, 0.717) is 36.1 Å².